The third-order valence-corrected chi connectivity index (χ3v) is 17.1. The van der Waals surface area contributed by atoms with Crippen LogP contribution < -0.4 is 19.8 Å². The van der Waals surface area contributed by atoms with E-state index in [4.69, 9.17) is 13.9 Å². The molecule has 0 spiro atoms. The molecule has 0 fully saturated rings. The van der Waals surface area contributed by atoms with Crippen molar-refractivity contribution in [3.8, 4) is 11.5 Å². The molecule has 51 heavy (non-hydrogen) atoms. The number of sulfonamides is 1. The lowest BCUT2D eigenvalue weighted by atomic mass is 9.98. The molecular formula is C42H55NO6SSi. The third-order valence-electron chi connectivity index (χ3n) is 9.64. The van der Waals surface area contributed by atoms with Gasteiger partial charge >= 0.3 is 0 Å². The molecule has 0 saturated carbocycles. The first kappa shape index (κ1) is 40.0. The summed E-state index contributed by atoms with van der Waals surface area (Å²) >= 11 is 0. The second kappa shape index (κ2) is 18.2. The van der Waals surface area contributed by atoms with Crippen LogP contribution in [0.15, 0.2) is 122 Å². The number of aliphatic hydroxyl groups excluding tert-OH is 1. The highest BCUT2D eigenvalue weighted by molar-refractivity contribution is 7.89. The highest BCUT2D eigenvalue weighted by Gasteiger charge is 2.50. The second-order valence-corrected chi connectivity index (χ2v) is 20.7. The molecule has 4 aromatic carbocycles. The summed E-state index contributed by atoms with van der Waals surface area (Å²) < 4.78 is 48.8. The SMILES string of the molecule is C=CC[C@@H](C)[C@@H](C[C@@H](O)CCO[Si](c1ccccc1)(c1ccccc1)C(C)(C)C)S(=O)(=O)N(Cc1ccc(OC)cc1)Cc1ccc(OC)cc1. The lowest BCUT2D eigenvalue weighted by Crippen LogP contribution is -2.66. The predicted octanol–water partition coefficient (Wildman–Crippen LogP) is 7.33. The zero-order chi connectivity index (χ0) is 37.1. The van der Waals surface area contributed by atoms with Crippen molar-refractivity contribution in [2.75, 3.05) is 20.8 Å². The average molecular weight is 730 g/mol. The van der Waals surface area contributed by atoms with Crippen LogP contribution in [-0.2, 0) is 27.5 Å². The number of hydrogen-bond acceptors (Lipinski definition) is 6. The number of aliphatic hydroxyl groups is 1. The van der Waals surface area contributed by atoms with Crippen LogP contribution in [0.4, 0.5) is 0 Å². The summed E-state index contributed by atoms with van der Waals surface area (Å²) in [5.41, 5.74) is 1.67. The normalized spacial score (nSPS) is 14.1. The van der Waals surface area contributed by atoms with Crippen molar-refractivity contribution in [1.82, 2.24) is 4.31 Å². The van der Waals surface area contributed by atoms with Gasteiger partial charge in [-0.15, -0.1) is 6.58 Å². The molecule has 4 rings (SSSR count). The molecule has 7 nitrogen and oxygen atoms in total. The largest absolute Gasteiger partial charge is 0.497 e. The molecule has 0 amide bonds. The maximum atomic E-state index is 14.8. The number of hydrogen-bond donors (Lipinski definition) is 1. The molecule has 0 bridgehead atoms. The molecule has 9 heteroatoms. The molecule has 0 aromatic heterocycles. The van der Waals surface area contributed by atoms with Crippen molar-refractivity contribution in [2.24, 2.45) is 5.92 Å². The molecular weight excluding hydrogens is 675 g/mol. The van der Waals surface area contributed by atoms with E-state index in [1.54, 1.807) is 20.3 Å². The van der Waals surface area contributed by atoms with E-state index < -0.39 is 29.7 Å². The molecule has 0 heterocycles. The Bertz CT molecular complexity index is 1650. The van der Waals surface area contributed by atoms with Gasteiger partial charge in [0.2, 0.25) is 10.0 Å². The monoisotopic (exact) mass is 729 g/mol. The molecule has 1 N–H and O–H groups in total. The third kappa shape index (κ3) is 9.99. The van der Waals surface area contributed by atoms with Gasteiger partial charge in [0.05, 0.1) is 25.6 Å². The lowest BCUT2D eigenvalue weighted by molar-refractivity contribution is 0.122. The Morgan fingerprint density at radius 3 is 1.63 bits per heavy atom. The molecule has 0 saturated heterocycles. The highest BCUT2D eigenvalue weighted by atomic mass is 32.2. The van der Waals surface area contributed by atoms with Crippen molar-refractivity contribution < 1.29 is 27.4 Å². The Kier molecular flexibility index (Phi) is 14.3. The fraction of sp³-hybridized carbons (Fsp3) is 0.381. The van der Waals surface area contributed by atoms with Crippen LogP contribution in [-0.4, -0.2) is 58.3 Å². The van der Waals surface area contributed by atoms with Gasteiger partial charge in [-0.3, -0.25) is 0 Å². The number of nitrogens with zero attached hydrogens (tertiary/aromatic N) is 1. The number of methoxy groups -OCH3 is 2. The van der Waals surface area contributed by atoms with E-state index in [1.165, 1.54) is 4.31 Å². The van der Waals surface area contributed by atoms with Gasteiger partial charge in [0, 0.05) is 19.7 Å². The Morgan fingerprint density at radius 2 is 1.24 bits per heavy atom. The van der Waals surface area contributed by atoms with Gasteiger partial charge in [0.25, 0.3) is 8.32 Å². The predicted molar refractivity (Wildman–Crippen MR) is 211 cm³/mol. The van der Waals surface area contributed by atoms with Crippen molar-refractivity contribution in [3.63, 3.8) is 0 Å². The van der Waals surface area contributed by atoms with Gasteiger partial charge in [-0.1, -0.05) is 119 Å². The number of rotatable bonds is 19. The quantitative estimate of drug-likeness (QED) is 0.0804. The Morgan fingerprint density at radius 1 is 0.784 bits per heavy atom. The summed E-state index contributed by atoms with van der Waals surface area (Å²) in [5.74, 6) is 1.11. The van der Waals surface area contributed by atoms with Crippen LogP contribution in [0.3, 0.4) is 0 Å². The topological polar surface area (TPSA) is 85.3 Å². The van der Waals surface area contributed by atoms with Crippen LogP contribution >= 0.6 is 0 Å². The van der Waals surface area contributed by atoms with Gasteiger partial charge in [0.1, 0.15) is 11.5 Å². The molecule has 0 aliphatic heterocycles. The van der Waals surface area contributed by atoms with Crippen molar-refractivity contribution in [3.05, 3.63) is 133 Å². The summed E-state index contributed by atoms with van der Waals surface area (Å²) in [5, 5.41) is 12.9. The van der Waals surface area contributed by atoms with E-state index in [0.717, 1.165) is 21.5 Å². The summed E-state index contributed by atoms with van der Waals surface area (Å²) in [7, 11) is -3.55. The lowest BCUT2D eigenvalue weighted by Gasteiger charge is -2.43. The van der Waals surface area contributed by atoms with E-state index in [2.05, 4.69) is 51.6 Å². The number of allylic oxidation sites excluding steroid dienone is 1. The van der Waals surface area contributed by atoms with Gasteiger partial charge < -0.3 is 19.0 Å². The average Bonchev–Trinajstić information content (AvgIpc) is 3.13. The Balaban J connectivity index is 1.62. The van der Waals surface area contributed by atoms with Crippen LogP contribution in [0.5, 0.6) is 11.5 Å². The van der Waals surface area contributed by atoms with Crippen LogP contribution in [0, 0.1) is 5.92 Å². The fourth-order valence-corrected chi connectivity index (χ4v) is 13.6. The molecule has 0 unspecified atom stereocenters. The fourth-order valence-electron chi connectivity index (χ4n) is 6.85. The Labute approximate surface area is 307 Å². The van der Waals surface area contributed by atoms with E-state index in [1.807, 2.05) is 91.9 Å². The van der Waals surface area contributed by atoms with Crippen LogP contribution in [0.1, 0.15) is 58.1 Å². The van der Waals surface area contributed by atoms with Crippen molar-refractivity contribution >= 4 is 28.7 Å². The highest BCUT2D eigenvalue weighted by Crippen LogP contribution is 2.37. The standard InChI is InChI=1S/C42H55NO6SSi/c1-8-15-33(2)41(50(45,46)43(31-34-20-24-37(47-6)25-21-34)32-35-22-26-38(48-7)27-23-35)30-36(44)28-29-49-51(42(3,4)5,39-16-11-9-12-17-39)40-18-13-10-14-19-40/h8-14,16-27,33,36,41,44H,1,15,28-32H2,2-7H3/t33-,36+,41-/m1/s1. The number of benzene rings is 4. The molecule has 274 valence electrons. The van der Waals surface area contributed by atoms with Gasteiger partial charge in [0.15, 0.2) is 0 Å². The first-order valence-electron chi connectivity index (χ1n) is 17.6. The van der Waals surface area contributed by atoms with E-state index in [-0.39, 0.29) is 30.5 Å². The van der Waals surface area contributed by atoms with E-state index in [0.29, 0.717) is 30.9 Å². The zero-order valence-electron chi connectivity index (χ0n) is 31.0. The summed E-state index contributed by atoms with van der Waals surface area (Å²) in [4.78, 5) is 0. The maximum absolute atomic E-state index is 14.8. The second-order valence-electron chi connectivity index (χ2n) is 14.2. The van der Waals surface area contributed by atoms with Gasteiger partial charge in [-0.2, -0.15) is 4.31 Å². The first-order chi connectivity index (χ1) is 24.3. The maximum Gasteiger partial charge on any atom is 0.261 e. The summed E-state index contributed by atoms with van der Waals surface area (Å²) in [6, 6.07) is 35.6. The summed E-state index contributed by atoms with van der Waals surface area (Å²) in [6.07, 6.45) is 1.72. The van der Waals surface area contributed by atoms with Gasteiger partial charge in [-0.05, 0) is 76.0 Å². The first-order valence-corrected chi connectivity index (χ1v) is 21.1. The van der Waals surface area contributed by atoms with E-state index in [9.17, 15) is 13.5 Å². The summed E-state index contributed by atoms with van der Waals surface area (Å²) in [6.45, 7) is 13.1. The smallest absolute Gasteiger partial charge is 0.261 e. The van der Waals surface area contributed by atoms with Crippen molar-refractivity contribution in [1.29, 1.82) is 0 Å². The molecule has 0 aliphatic carbocycles. The number of ether oxygens (including phenoxy) is 2. The molecule has 4 aromatic rings. The minimum atomic E-state index is -3.94. The zero-order valence-corrected chi connectivity index (χ0v) is 32.8. The molecule has 3 atom stereocenters. The minimum absolute atomic E-state index is 0.0726. The van der Waals surface area contributed by atoms with Crippen LogP contribution in [0.25, 0.3) is 0 Å². The molecule has 0 radical (unpaired) electrons. The molecule has 0 aliphatic rings. The van der Waals surface area contributed by atoms with Crippen molar-refractivity contribution in [2.45, 2.75) is 76.4 Å². The Hall–Kier alpha value is -3.73. The van der Waals surface area contributed by atoms with E-state index >= 15 is 0 Å². The van der Waals surface area contributed by atoms with Gasteiger partial charge in [-0.25, -0.2) is 8.42 Å². The minimum Gasteiger partial charge on any atom is -0.497 e. The van der Waals surface area contributed by atoms with Crippen LogP contribution in [0.2, 0.25) is 5.04 Å².